The molecule has 1 aliphatic heterocycles. The molecule has 0 saturated carbocycles. The van der Waals surface area contributed by atoms with Gasteiger partial charge in [0.25, 0.3) is 0 Å². The lowest BCUT2D eigenvalue weighted by atomic mass is 9.96. The van der Waals surface area contributed by atoms with E-state index < -0.39 is 0 Å². The molecule has 1 heterocycles. The lowest BCUT2D eigenvalue weighted by molar-refractivity contribution is -0.121. The monoisotopic (exact) mass is 474 g/mol. The fraction of sp³-hybridized carbons (Fsp3) is 0.316. The van der Waals surface area contributed by atoms with Crippen molar-refractivity contribution in [3.8, 4) is 0 Å². The maximum atomic E-state index is 12.7. The minimum absolute atomic E-state index is 0.0363. The molecule has 0 aliphatic carbocycles. The van der Waals surface area contributed by atoms with Gasteiger partial charge in [-0.1, -0.05) is 62.9 Å². The largest absolute Gasteiger partial charge is 0.324 e. The highest BCUT2D eigenvalue weighted by atomic mass is 79.9. The Bertz CT molecular complexity index is 798. The molecule has 1 atom stereocenters. The van der Waals surface area contributed by atoms with Crippen molar-refractivity contribution in [1.82, 2.24) is 4.90 Å². The highest BCUT2D eigenvalue weighted by Crippen LogP contribution is 2.33. The fourth-order valence-electron chi connectivity index (χ4n) is 3.11. The van der Waals surface area contributed by atoms with Crippen LogP contribution in [0.1, 0.15) is 18.4 Å². The maximum absolute atomic E-state index is 12.7. The van der Waals surface area contributed by atoms with Gasteiger partial charge in [0.1, 0.15) is 0 Å². The second-order valence-electron chi connectivity index (χ2n) is 6.44. The van der Waals surface area contributed by atoms with Crippen LogP contribution in [0.4, 0.5) is 5.69 Å². The summed E-state index contributed by atoms with van der Waals surface area (Å²) in [5.74, 6) is -0.115. The molecule has 26 heavy (non-hydrogen) atoms. The van der Waals surface area contributed by atoms with E-state index in [2.05, 4.69) is 38.3 Å². The molecule has 0 bridgehead atoms. The van der Waals surface area contributed by atoms with Crippen LogP contribution >= 0.6 is 50.7 Å². The van der Waals surface area contributed by atoms with E-state index in [0.717, 1.165) is 36.9 Å². The molecular formula is C19H18BrCl3N2O. The van der Waals surface area contributed by atoms with Crippen molar-refractivity contribution in [2.75, 3.05) is 18.4 Å². The van der Waals surface area contributed by atoms with Crippen LogP contribution in [0.15, 0.2) is 40.9 Å². The van der Waals surface area contributed by atoms with Crippen molar-refractivity contribution in [2.24, 2.45) is 5.92 Å². The molecule has 0 radical (unpaired) electrons. The summed E-state index contributed by atoms with van der Waals surface area (Å²) in [4.78, 5) is 15.0. The molecule has 3 rings (SSSR count). The molecule has 0 aromatic heterocycles. The first-order chi connectivity index (χ1) is 12.4. The first-order valence-electron chi connectivity index (χ1n) is 8.34. The van der Waals surface area contributed by atoms with Gasteiger partial charge in [0.15, 0.2) is 0 Å². The lowest BCUT2D eigenvalue weighted by Crippen LogP contribution is -2.40. The number of likely N-dealkylation sites (tertiary alicyclic amines) is 1. The van der Waals surface area contributed by atoms with E-state index in [1.165, 1.54) is 5.56 Å². The number of carbonyl (C=O) groups is 1. The topological polar surface area (TPSA) is 32.3 Å². The van der Waals surface area contributed by atoms with Crippen LogP contribution in [-0.4, -0.2) is 23.9 Å². The van der Waals surface area contributed by atoms with E-state index in [1.54, 1.807) is 12.1 Å². The second-order valence-corrected chi connectivity index (χ2v) is 8.57. The van der Waals surface area contributed by atoms with Crippen LogP contribution in [0, 0.1) is 5.92 Å². The summed E-state index contributed by atoms with van der Waals surface area (Å²) in [6, 6.07) is 11.4. The number of anilines is 1. The summed E-state index contributed by atoms with van der Waals surface area (Å²) in [6.45, 7) is 2.55. The Hall–Kier alpha value is -0.780. The molecule has 1 amide bonds. The van der Waals surface area contributed by atoms with Crippen LogP contribution in [0.2, 0.25) is 15.1 Å². The summed E-state index contributed by atoms with van der Waals surface area (Å²) in [5, 5.41) is 4.01. The smallest absolute Gasteiger partial charge is 0.228 e. The van der Waals surface area contributed by atoms with Gasteiger partial charge in [-0.25, -0.2) is 0 Å². The summed E-state index contributed by atoms with van der Waals surface area (Å²) >= 11 is 21.6. The Kier molecular flexibility index (Phi) is 6.87. The number of piperidine rings is 1. The number of halogens is 4. The van der Waals surface area contributed by atoms with Crippen molar-refractivity contribution >= 4 is 62.3 Å². The number of hydrogen-bond donors (Lipinski definition) is 1. The van der Waals surface area contributed by atoms with Gasteiger partial charge in [0.2, 0.25) is 5.91 Å². The van der Waals surface area contributed by atoms with Crippen LogP contribution in [0.25, 0.3) is 0 Å². The third-order valence-electron chi connectivity index (χ3n) is 4.46. The normalized spacial score (nSPS) is 17.9. The van der Waals surface area contributed by atoms with Crippen LogP contribution < -0.4 is 5.32 Å². The molecule has 1 aliphatic rings. The molecule has 3 nitrogen and oxygen atoms in total. The number of nitrogens with one attached hydrogen (secondary N) is 1. The molecule has 1 N–H and O–H groups in total. The zero-order chi connectivity index (χ0) is 18.7. The van der Waals surface area contributed by atoms with E-state index in [4.69, 9.17) is 34.8 Å². The van der Waals surface area contributed by atoms with Gasteiger partial charge in [-0.3, -0.25) is 9.69 Å². The molecule has 0 spiro atoms. The van der Waals surface area contributed by atoms with Gasteiger partial charge in [0.05, 0.1) is 26.7 Å². The number of amides is 1. The Labute approximate surface area is 176 Å². The summed E-state index contributed by atoms with van der Waals surface area (Å²) in [7, 11) is 0. The SMILES string of the molecule is O=C(Nc1cc(Cl)c(Cl)cc1Cl)C1CCCN(Cc2ccc(Br)cc2)C1. The molecule has 2 aromatic carbocycles. The molecule has 1 fully saturated rings. The standard InChI is InChI=1S/C19H18BrCl3N2O/c20-14-5-3-12(4-6-14)10-25-7-1-2-13(11-25)19(26)24-18-9-16(22)15(21)8-17(18)23/h3-6,8-9,13H,1-2,7,10-11H2,(H,24,26). The van der Waals surface area contributed by atoms with E-state index in [-0.39, 0.29) is 11.8 Å². The summed E-state index contributed by atoms with van der Waals surface area (Å²) in [6.07, 6.45) is 1.85. The molecule has 1 unspecified atom stereocenters. The Morgan fingerprint density at radius 3 is 2.54 bits per heavy atom. The minimum atomic E-state index is -0.0790. The predicted octanol–water partition coefficient (Wildman–Crippen LogP) is 6.26. The number of benzene rings is 2. The zero-order valence-electron chi connectivity index (χ0n) is 13.9. The first kappa shape index (κ1) is 20.0. The van der Waals surface area contributed by atoms with Crippen molar-refractivity contribution in [3.05, 3.63) is 61.5 Å². The van der Waals surface area contributed by atoms with Crippen molar-refractivity contribution in [1.29, 1.82) is 0 Å². The average molecular weight is 477 g/mol. The van der Waals surface area contributed by atoms with Crippen LogP contribution in [-0.2, 0) is 11.3 Å². The van der Waals surface area contributed by atoms with E-state index in [1.807, 2.05) is 12.1 Å². The van der Waals surface area contributed by atoms with E-state index >= 15 is 0 Å². The number of carbonyl (C=O) groups excluding carboxylic acids is 1. The number of rotatable bonds is 4. The van der Waals surface area contributed by atoms with Gasteiger partial charge in [-0.2, -0.15) is 0 Å². The lowest BCUT2D eigenvalue weighted by Gasteiger charge is -2.32. The molecular weight excluding hydrogens is 458 g/mol. The quantitative estimate of drug-likeness (QED) is 0.528. The van der Waals surface area contributed by atoms with Gasteiger partial charge in [-0.15, -0.1) is 0 Å². The first-order valence-corrected chi connectivity index (χ1v) is 10.3. The highest BCUT2D eigenvalue weighted by molar-refractivity contribution is 9.10. The van der Waals surface area contributed by atoms with E-state index in [0.29, 0.717) is 20.8 Å². The van der Waals surface area contributed by atoms with Gasteiger partial charge >= 0.3 is 0 Å². The van der Waals surface area contributed by atoms with Crippen molar-refractivity contribution < 1.29 is 4.79 Å². The molecule has 1 saturated heterocycles. The van der Waals surface area contributed by atoms with Gasteiger partial charge in [0, 0.05) is 17.6 Å². The molecule has 7 heteroatoms. The molecule has 138 valence electrons. The third kappa shape index (κ3) is 5.14. The third-order valence-corrected chi connectivity index (χ3v) is 6.03. The second kappa shape index (κ2) is 8.94. The highest BCUT2D eigenvalue weighted by Gasteiger charge is 2.26. The molecule has 2 aromatic rings. The summed E-state index contributed by atoms with van der Waals surface area (Å²) in [5.41, 5.74) is 1.73. The van der Waals surface area contributed by atoms with Gasteiger partial charge in [-0.05, 0) is 49.2 Å². The number of nitrogens with zero attached hydrogens (tertiary/aromatic N) is 1. The Morgan fingerprint density at radius 1 is 1.12 bits per heavy atom. The average Bonchev–Trinajstić information content (AvgIpc) is 2.62. The van der Waals surface area contributed by atoms with Crippen LogP contribution in [0.5, 0.6) is 0 Å². The zero-order valence-corrected chi connectivity index (χ0v) is 17.8. The number of hydrogen-bond acceptors (Lipinski definition) is 2. The predicted molar refractivity (Wildman–Crippen MR) is 112 cm³/mol. The fourth-order valence-corrected chi connectivity index (χ4v) is 3.97. The van der Waals surface area contributed by atoms with Crippen molar-refractivity contribution in [2.45, 2.75) is 19.4 Å². The Morgan fingerprint density at radius 2 is 1.81 bits per heavy atom. The summed E-state index contributed by atoms with van der Waals surface area (Å²) < 4.78 is 1.07. The Balaban J connectivity index is 1.62. The minimum Gasteiger partial charge on any atom is -0.324 e. The maximum Gasteiger partial charge on any atom is 0.228 e. The van der Waals surface area contributed by atoms with E-state index in [9.17, 15) is 4.79 Å². The van der Waals surface area contributed by atoms with Gasteiger partial charge < -0.3 is 5.32 Å². The van der Waals surface area contributed by atoms with Crippen molar-refractivity contribution in [3.63, 3.8) is 0 Å². The van der Waals surface area contributed by atoms with Crippen LogP contribution in [0.3, 0.4) is 0 Å².